The maximum Gasteiger partial charge on any atom is 0.328 e. The zero-order valence-corrected chi connectivity index (χ0v) is 9.01. The molecule has 0 aliphatic heterocycles. The molecule has 0 aliphatic carbocycles. The number of hydrogen-bond donors (Lipinski definition) is 1. The summed E-state index contributed by atoms with van der Waals surface area (Å²) in [5, 5.41) is 11.0. The van der Waals surface area contributed by atoms with Gasteiger partial charge in [-0.05, 0) is 48.6 Å². The van der Waals surface area contributed by atoms with E-state index < -0.39 is 5.97 Å². The van der Waals surface area contributed by atoms with E-state index >= 15 is 0 Å². The summed E-state index contributed by atoms with van der Waals surface area (Å²) >= 11 is 0. The van der Waals surface area contributed by atoms with Crippen LogP contribution in [0.1, 0.15) is 21.7 Å². The third-order valence-corrected chi connectivity index (χ3v) is 3.80. The van der Waals surface area contributed by atoms with Crippen LogP contribution in [0.3, 0.4) is 0 Å². The van der Waals surface area contributed by atoms with Crippen LogP contribution < -0.4 is 0 Å². The summed E-state index contributed by atoms with van der Waals surface area (Å²) in [5.41, 5.74) is 2.54. The van der Waals surface area contributed by atoms with Crippen molar-refractivity contribution < 1.29 is 9.90 Å². The third kappa shape index (κ3) is 2.22. The van der Waals surface area contributed by atoms with E-state index in [1.54, 1.807) is 6.08 Å². The van der Waals surface area contributed by atoms with Crippen molar-refractivity contribution >= 4 is 20.2 Å². The molecule has 0 saturated heterocycles. The molecule has 2 nitrogen and oxygen atoms in total. The fraction of sp³-hybridized carbons (Fsp3) is 0.300. The monoisotopic (exact) mass is 196 g/mol. The molecule has 1 rings (SSSR count). The molecule has 0 saturated carbocycles. The SMILES string of the molecule is Cc1[pH]c(C=CC(=O)O)c(C)c1C. The summed E-state index contributed by atoms with van der Waals surface area (Å²) in [7, 11) is 0.643. The Bertz CT molecular complexity index is 361. The van der Waals surface area contributed by atoms with E-state index in [9.17, 15) is 4.79 Å². The Morgan fingerprint density at radius 2 is 1.92 bits per heavy atom. The third-order valence-electron chi connectivity index (χ3n) is 2.24. The van der Waals surface area contributed by atoms with Gasteiger partial charge >= 0.3 is 5.97 Å². The predicted molar refractivity (Wildman–Crippen MR) is 56.8 cm³/mol. The van der Waals surface area contributed by atoms with Gasteiger partial charge in [-0.25, -0.2) is 4.79 Å². The van der Waals surface area contributed by atoms with Gasteiger partial charge in [0.15, 0.2) is 0 Å². The molecular weight excluding hydrogens is 183 g/mol. The highest BCUT2D eigenvalue weighted by molar-refractivity contribution is 7.33. The minimum atomic E-state index is -0.882. The zero-order chi connectivity index (χ0) is 10.0. The van der Waals surface area contributed by atoms with Crippen LogP contribution in [-0.2, 0) is 4.79 Å². The second-order valence-corrected chi connectivity index (χ2v) is 4.62. The first-order valence-corrected chi connectivity index (χ1v) is 5.09. The summed E-state index contributed by atoms with van der Waals surface area (Å²) in [4.78, 5) is 10.3. The van der Waals surface area contributed by atoms with E-state index in [0.717, 1.165) is 5.30 Å². The molecule has 1 N–H and O–H groups in total. The van der Waals surface area contributed by atoms with Gasteiger partial charge in [-0.15, -0.1) is 8.19 Å². The van der Waals surface area contributed by atoms with Gasteiger partial charge < -0.3 is 5.11 Å². The van der Waals surface area contributed by atoms with Gasteiger partial charge in [0.2, 0.25) is 0 Å². The van der Waals surface area contributed by atoms with Crippen molar-refractivity contribution in [1.82, 2.24) is 0 Å². The lowest BCUT2D eigenvalue weighted by Crippen LogP contribution is -1.85. The fourth-order valence-corrected chi connectivity index (χ4v) is 2.51. The lowest BCUT2D eigenvalue weighted by molar-refractivity contribution is -0.131. The second-order valence-electron chi connectivity index (χ2n) is 3.09. The lowest BCUT2D eigenvalue weighted by atomic mass is 10.1. The van der Waals surface area contributed by atoms with Crippen molar-refractivity contribution in [3.05, 3.63) is 27.8 Å². The average Bonchev–Trinajstić information content (AvgIpc) is 2.29. The predicted octanol–water partition coefficient (Wildman–Crippen LogP) is 2.74. The van der Waals surface area contributed by atoms with Crippen LogP contribution >= 0.6 is 8.19 Å². The van der Waals surface area contributed by atoms with Crippen LogP contribution in [-0.4, -0.2) is 11.1 Å². The van der Waals surface area contributed by atoms with Crippen LogP contribution in [0.25, 0.3) is 6.08 Å². The zero-order valence-electron chi connectivity index (χ0n) is 8.01. The molecule has 3 heteroatoms. The van der Waals surface area contributed by atoms with Crippen LogP contribution in [0.5, 0.6) is 0 Å². The van der Waals surface area contributed by atoms with E-state index in [-0.39, 0.29) is 0 Å². The van der Waals surface area contributed by atoms with Crippen LogP contribution in [0, 0.1) is 20.8 Å². The van der Waals surface area contributed by atoms with Gasteiger partial charge in [0, 0.05) is 6.08 Å². The number of aryl methyl sites for hydroxylation is 1. The van der Waals surface area contributed by atoms with Crippen molar-refractivity contribution in [1.29, 1.82) is 0 Å². The average molecular weight is 196 g/mol. The van der Waals surface area contributed by atoms with Crippen molar-refractivity contribution in [2.24, 2.45) is 0 Å². The molecule has 1 atom stereocenters. The van der Waals surface area contributed by atoms with Crippen molar-refractivity contribution in [2.45, 2.75) is 20.8 Å². The van der Waals surface area contributed by atoms with Gasteiger partial charge in [0.25, 0.3) is 0 Å². The van der Waals surface area contributed by atoms with Crippen LogP contribution in [0.15, 0.2) is 6.08 Å². The Hall–Kier alpha value is -1.01. The highest BCUT2D eigenvalue weighted by Crippen LogP contribution is 2.31. The van der Waals surface area contributed by atoms with Gasteiger partial charge in [-0.2, -0.15) is 0 Å². The Morgan fingerprint density at radius 3 is 2.31 bits per heavy atom. The smallest absolute Gasteiger partial charge is 0.328 e. The topological polar surface area (TPSA) is 37.3 Å². The minimum Gasteiger partial charge on any atom is -0.478 e. The van der Waals surface area contributed by atoms with Crippen molar-refractivity contribution in [2.75, 3.05) is 0 Å². The molecule has 0 fully saturated rings. The van der Waals surface area contributed by atoms with Gasteiger partial charge in [-0.1, -0.05) is 0 Å². The molecule has 0 bridgehead atoms. The van der Waals surface area contributed by atoms with E-state index in [1.807, 2.05) is 6.92 Å². The molecule has 70 valence electrons. The van der Waals surface area contributed by atoms with E-state index in [0.29, 0.717) is 8.19 Å². The maximum absolute atomic E-state index is 10.3. The normalized spacial score (nSPS) is 11.6. The molecule has 0 radical (unpaired) electrons. The molecule has 0 spiro atoms. The Kier molecular flexibility index (Phi) is 2.94. The van der Waals surface area contributed by atoms with Crippen LogP contribution in [0.2, 0.25) is 0 Å². The summed E-state index contributed by atoms with van der Waals surface area (Å²) in [6.45, 7) is 6.22. The molecule has 13 heavy (non-hydrogen) atoms. The molecule has 1 unspecified atom stereocenters. The highest BCUT2D eigenvalue weighted by Gasteiger charge is 2.04. The maximum atomic E-state index is 10.3. The van der Waals surface area contributed by atoms with E-state index in [4.69, 9.17) is 5.11 Å². The quantitative estimate of drug-likeness (QED) is 0.738. The first-order chi connectivity index (χ1) is 6.02. The molecule has 1 aromatic rings. The van der Waals surface area contributed by atoms with Crippen molar-refractivity contribution in [3.8, 4) is 0 Å². The summed E-state index contributed by atoms with van der Waals surface area (Å²) in [6.07, 6.45) is 2.91. The lowest BCUT2D eigenvalue weighted by Gasteiger charge is -1.91. The van der Waals surface area contributed by atoms with Crippen molar-refractivity contribution in [3.63, 3.8) is 0 Å². The largest absolute Gasteiger partial charge is 0.478 e. The number of carboxylic acids is 1. The van der Waals surface area contributed by atoms with Gasteiger partial charge in [-0.3, -0.25) is 0 Å². The summed E-state index contributed by atoms with van der Waals surface area (Å²) in [5.74, 6) is -0.882. The Labute approximate surface area is 79.4 Å². The van der Waals surface area contributed by atoms with Crippen LogP contribution in [0.4, 0.5) is 0 Å². The van der Waals surface area contributed by atoms with E-state index in [2.05, 4.69) is 13.8 Å². The number of carboxylic acid groups (broad SMARTS) is 1. The molecule has 0 aromatic carbocycles. The number of rotatable bonds is 2. The first kappa shape index (κ1) is 10.1. The first-order valence-electron chi connectivity index (χ1n) is 4.09. The number of aliphatic carboxylic acids is 1. The highest BCUT2D eigenvalue weighted by atomic mass is 31.0. The Balaban J connectivity index is 3.03. The summed E-state index contributed by atoms with van der Waals surface area (Å²) < 4.78 is 0. The second kappa shape index (κ2) is 3.80. The molecule has 1 heterocycles. The molecule has 1 aromatic heterocycles. The minimum absolute atomic E-state index is 0.643. The summed E-state index contributed by atoms with van der Waals surface area (Å²) in [6, 6.07) is 0. The fourth-order valence-electron chi connectivity index (χ4n) is 1.19. The number of carbonyl (C=O) groups is 1. The number of hydrogen-bond acceptors (Lipinski definition) is 1. The van der Waals surface area contributed by atoms with Gasteiger partial charge in [0.05, 0.1) is 0 Å². The molecule has 0 aliphatic rings. The van der Waals surface area contributed by atoms with Gasteiger partial charge in [0.1, 0.15) is 0 Å². The van der Waals surface area contributed by atoms with E-state index in [1.165, 1.54) is 22.5 Å². The molecular formula is C10H13O2P. The molecule has 0 amide bonds. The standard InChI is InChI=1S/C10H13O2P/c1-6-7(2)9(13-8(6)3)4-5-10(11)12/h4-5,13H,1-3H3,(H,11,12). The Morgan fingerprint density at radius 1 is 1.31 bits per heavy atom.